The van der Waals surface area contributed by atoms with E-state index in [1.807, 2.05) is 60.7 Å². The second-order valence-electron chi connectivity index (χ2n) is 5.34. The van der Waals surface area contributed by atoms with Crippen LogP contribution < -0.4 is 10.6 Å². The lowest BCUT2D eigenvalue weighted by molar-refractivity contribution is 0.222. The molecular formula is C19H24O4P2. The maximum Gasteiger partial charge on any atom is 0.334 e. The van der Waals surface area contributed by atoms with Gasteiger partial charge in [0.05, 0.1) is 19.4 Å². The van der Waals surface area contributed by atoms with E-state index in [1.165, 1.54) is 0 Å². The van der Waals surface area contributed by atoms with Crippen LogP contribution in [0.4, 0.5) is 0 Å². The number of allylic oxidation sites excluding steroid dienone is 1. The van der Waals surface area contributed by atoms with E-state index in [0.29, 0.717) is 13.2 Å². The van der Waals surface area contributed by atoms with Crippen LogP contribution in [0, 0.1) is 0 Å². The molecule has 6 heteroatoms. The molecular weight excluding hydrogens is 354 g/mol. The standard InChI is InChI=1S/C19H24O4P2/c1-3-22-25(21,23-4-2)17-11-16-24(20,18-12-7-5-8-13-18)19-14-9-6-10-15-19/h5-16H,3-4,17H2,1-2H3/b16-11+. The van der Waals surface area contributed by atoms with E-state index in [2.05, 4.69) is 0 Å². The van der Waals surface area contributed by atoms with Crippen LogP contribution in [0.2, 0.25) is 0 Å². The van der Waals surface area contributed by atoms with Gasteiger partial charge in [0, 0.05) is 10.6 Å². The third-order valence-corrected chi connectivity index (χ3v) is 8.30. The molecule has 134 valence electrons. The molecule has 0 spiro atoms. The van der Waals surface area contributed by atoms with Gasteiger partial charge in [0.2, 0.25) is 0 Å². The molecule has 0 unspecified atom stereocenters. The summed E-state index contributed by atoms with van der Waals surface area (Å²) in [7, 11) is -6.16. The van der Waals surface area contributed by atoms with Gasteiger partial charge < -0.3 is 13.6 Å². The monoisotopic (exact) mass is 378 g/mol. The van der Waals surface area contributed by atoms with Crippen LogP contribution in [0.5, 0.6) is 0 Å². The predicted molar refractivity (Wildman–Crippen MR) is 105 cm³/mol. The lowest BCUT2D eigenvalue weighted by Crippen LogP contribution is -2.14. The summed E-state index contributed by atoms with van der Waals surface area (Å²) in [5, 5.41) is 1.47. The van der Waals surface area contributed by atoms with Crippen molar-refractivity contribution in [2.45, 2.75) is 13.8 Å². The Morgan fingerprint density at radius 3 is 1.64 bits per heavy atom. The Kier molecular flexibility index (Phi) is 7.40. The molecule has 0 radical (unpaired) electrons. The number of benzene rings is 2. The third kappa shape index (κ3) is 5.26. The summed E-state index contributed by atoms with van der Waals surface area (Å²) in [6.45, 7) is 4.16. The van der Waals surface area contributed by atoms with Gasteiger partial charge in [-0.3, -0.25) is 4.57 Å². The van der Waals surface area contributed by atoms with Crippen molar-refractivity contribution in [3.05, 3.63) is 72.6 Å². The van der Waals surface area contributed by atoms with Gasteiger partial charge in [-0.2, -0.15) is 0 Å². The predicted octanol–water partition coefficient (Wildman–Crippen LogP) is 4.78. The fourth-order valence-corrected chi connectivity index (χ4v) is 6.36. The lowest BCUT2D eigenvalue weighted by Gasteiger charge is -2.17. The fourth-order valence-electron chi connectivity index (χ4n) is 2.48. The molecule has 0 aliphatic heterocycles. The molecule has 0 bridgehead atoms. The summed E-state index contributed by atoms with van der Waals surface area (Å²) < 4.78 is 36.9. The van der Waals surface area contributed by atoms with Gasteiger partial charge in [-0.1, -0.05) is 66.7 Å². The van der Waals surface area contributed by atoms with Crippen molar-refractivity contribution in [3.63, 3.8) is 0 Å². The molecule has 2 aromatic carbocycles. The summed E-state index contributed by atoms with van der Waals surface area (Å²) in [5.41, 5.74) is 0. The van der Waals surface area contributed by atoms with Gasteiger partial charge in [0.25, 0.3) is 0 Å². The average molecular weight is 378 g/mol. The van der Waals surface area contributed by atoms with Gasteiger partial charge in [0.1, 0.15) is 0 Å². The maximum atomic E-state index is 13.8. The molecule has 0 fully saturated rings. The van der Waals surface area contributed by atoms with E-state index in [4.69, 9.17) is 9.05 Å². The Morgan fingerprint density at radius 1 is 0.800 bits per heavy atom. The Hall–Kier alpha value is -1.44. The largest absolute Gasteiger partial charge is 0.334 e. The van der Waals surface area contributed by atoms with Crippen LogP contribution in [0.15, 0.2) is 72.6 Å². The SMILES string of the molecule is CCOP(=O)(C/C=C/P(=O)(c1ccccc1)c1ccccc1)OCC. The smallest absolute Gasteiger partial charge is 0.309 e. The molecule has 4 nitrogen and oxygen atoms in total. The normalized spacial score (nSPS) is 12.6. The molecule has 25 heavy (non-hydrogen) atoms. The second-order valence-corrected chi connectivity index (χ2v) is 10.1. The Morgan fingerprint density at radius 2 is 1.24 bits per heavy atom. The highest BCUT2D eigenvalue weighted by Gasteiger charge is 2.26. The number of hydrogen-bond donors (Lipinski definition) is 0. The fraction of sp³-hybridized carbons (Fsp3) is 0.263. The molecule has 2 aromatic rings. The van der Waals surface area contributed by atoms with Crippen molar-refractivity contribution in [1.29, 1.82) is 0 Å². The topological polar surface area (TPSA) is 52.6 Å². The summed E-state index contributed by atoms with van der Waals surface area (Å²) in [6, 6.07) is 18.6. The van der Waals surface area contributed by atoms with Gasteiger partial charge in [-0.05, 0) is 19.7 Å². The molecule has 0 saturated carbocycles. The number of rotatable bonds is 9. The second kappa shape index (κ2) is 9.31. The van der Waals surface area contributed by atoms with Crippen LogP contribution >= 0.6 is 14.7 Å². The molecule has 0 aromatic heterocycles. The highest BCUT2D eigenvalue weighted by atomic mass is 31.2. The van der Waals surface area contributed by atoms with E-state index in [-0.39, 0.29) is 6.16 Å². The van der Waals surface area contributed by atoms with Crippen molar-refractivity contribution in [1.82, 2.24) is 0 Å². The highest BCUT2D eigenvalue weighted by molar-refractivity contribution is 7.81. The zero-order chi connectivity index (χ0) is 18.2. The zero-order valence-corrected chi connectivity index (χ0v) is 16.4. The van der Waals surface area contributed by atoms with E-state index in [1.54, 1.807) is 25.7 Å². The molecule has 0 atom stereocenters. The van der Waals surface area contributed by atoms with Crippen molar-refractivity contribution in [2.75, 3.05) is 19.4 Å². The van der Waals surface area contributed by atoms with Gasteiger partial charge in [-0.15, -0.1) is 0 Å². The van der Waals surface area contributed by atoms with Crippen LogP contribution in [0.1, 0.15) is 13.8 Å². The Balaban J connectivity index is 2.35. The van der Waals surface area contributed by atoms with Crippen LogP contribution in [0.3, 0.4) is 0 Å². The minimum absolute atomic E-state index is 0.0956. The van der Waals surface area contributed by atoms with E-state index in [9.17, 15) is 9.13 Å². The van der Waals surface area contributed by atoms with Gasteiger partial charge in [-0.25, -0.2) is 0 Å². The first kappa shape index (κ1) is 19.9. The molecule has 0 amide bonds. The van der Waals surface area contributed by atoms with Gasteiger partial charge in [0.15, 0.2) is 7.14 Å². The van der Waals surface area contributed by atoms with Gasteiger partial charge >= 0.3 is 7.60 Å². The van der Waals surface area contributed by atoms with Crippen molar-refractivity contribution in [2.24, 2.45) is 0 Å². The lowest BCUT2D eigenvalue weighted by atomic mass is 10.4. The third-order valence-electron chi connectivity index (χ3n) is 3.58. The summed E-state index contributed by atoms with van der Waals surface area (Å²) in [4.78, 5) is 0. The Labute approximate surface area is 149 Å². The molecule has 0 heterocycles. The summed E-state index contributed by atoms with van der Waals surface area (Å²) in [5.74, 6) is 1.66. The zero-order valence-electron chi connectivity index (χ0n) is 14.6. The highest BCUT2D eigenvalue weighted by Crippen LogP contribution is 2.50. The van der Waals surface area contributed by atoms with E-state index < -0.39 is 14.7 Å². The minimum atomic E-state index is -3.20. The average Bonchev–Trinajstić information content (AvgIpc) is 2.63. The molecule has 0 aliphatic carbocycles. The summed E-state index contributed by atoms with van der Waals surface area (Å²) in [6.07, 6.45) is 1.76. The first-order valence-electron chi connectivity index (χ1n) is 8.31. The van der Waals surface area contributed by atoms with Crippen molar-refractivity contribution < 1.29 is 18.2 Å². The quantitative estimate of drug-likeness (QED) is 0.589. The molecule has 0 N–H and O–H groups in total. The number of hydrogen-bond acceptors (Lipinski definition) is 4. The van der Waals surface area contributed by atoms with Crippen LogP contribution in [-0.2, 0) is 18.2 Å². The first-order valence-corrected chi connectivity index (χ1v) is 11.8. The van der Waals surface area contributed by atoms with Crippen LogP contribution in [-0.4, -0.2) is 19.4 Å². The van der Waals surface area contributed by atoms with E-state index in [0.717, 1.165) is 10.6 Å². The van der Waals surface area contributed by atoms with Crippen LogP contribution in [0.25, 0.3) is 0 Å². The minimum Gasteiger partial charge on any atom is -0.309 e. The molecule has 0 aliphatic rings. The summed E-state index contributed by atoms with van der Waals surface area (Å²) >= 11 is 0. The van der Waals surface area contributed by atoms with Crippen molar-refractivity contribution >= 4 is 25.3 Å². The van der Waals surface area contributed by atoms with Crippen molar-refractivity contribution in [3.8, 4) is 0 Å². The Bertz CT molecular complexity index is 719. The first-order chi connectivity index (χ1) is 12.0. The maximum absolute atomic E-state index is 13.8. The molecule has 2 rings (SSSR count). The van der Waals surface area contributed by atoms with E-state index >= 15 is 0 Å². The molecule has 0 saturated heterocycles.